The van der Waals surface area contributed by atoms with Gasteiger partial charge in [0.05, 0.1) is 16.9 Å². The predicted octanol–water partition coefficient (Wildman–Crippen LogP) is 5.14. The highest BCUT2D eigenvalue weighted by Crippen LogP contribution is 2.38. The first-order valence-electron chi connectivity index (χ1n) is 7.89. The quantitative estimate of drug-likeness (QED) is 0.552. The predicted molar refractivity (Wildman–Crippen MR) is 111 cm³/mol. The molecule has 0 saturated heterocycles. The molecule has 0 amide bonds. The van der Waals surface area contributed by atoms with Gasteiger partial charge >= 0.3 is 0 Å². The minimum atomic E-state index is -1.16. The fraction of sp³-hybridized carbons (Fsp3) is 0.211. The normalized spacial score (nSPS) is 14.8. The van der Waals surface area contributed by atoms with E-state index in [1.54, 1.807) is 30.7 Å². The minimum absolute atomic E-state index is 0.349. The first-order chi connectivity index (χ1) is 12.4. The molecule has 1 heterocycles. The van der Waals surface area contributed by atoms with Gasteiger partial charge in [-0.1, -0.05) is 46.9 Å². The van der Waals surface area contributed by atoms with Crippen molar-refractivity contribution in [2.24, 2.45) is 0 Å². The Bertz CT molecular complexity index is 871. The molecule has 0 radical (unpaired) electrons. The molecule has 3 nitrogen and oxygen atoms in total. The van der Waals surface area contributed by atoms with Gasteiger partial charge in [0.2, 0.25) is 0 Å². The summed E-state index contributed by atoms with van der Waals surface area (Å²) in [5, 5.41) is 13.4. The molecule has 2 aromatic carbocycles. The van der Waals surface area contributed by atoms with Crippen molar-refractivity contribution >= 4 is 45.7 Å². The van der Waals surface area contributed by atoms with Crippen LogP contribution in [0.4, 0.5) is 0 Å². The Morgan fingerprint density at radius 3 is 2.38 bits per heavy atom. The molecule has 0 saturated carbocycles. The zero-order valence-corrected chi connectivity index (χ0v) is 17.2. The monoisotopic (exact) mass is 427 g/mol. The first kappa shape index (κ1) is 19.6. The van der Waals surface area contributed by atoms with Crippen LogP contribution >= 0.6 is 34.8 Å². The van der Waals surface area contributed by atoms with Gasteiger partial charge in [-0.2, -0.15) is 0 Å². The van der Waals surface area contributed by atoms with Crippen molar-refractivity contribution in [1.29, 1.82) is 0 Å². The lowest BCUT2D eigenvalue weighted by Crippen LogP contribution is -2.40. The van der Waals surface area contributed by atoms with Crippen LogP contribution in [0.1, 0.15) is 11.1 Å². The highest BCUT2D eigenvalue weighted by atomic mass is 35.5. The van der Waals surface area contributed by atoms with Crippen molar-refractivity contribution in [1.82, 2.24) is 9.55 Å². The fourth-order valence-electron chi connectivity index (χ4n) is 2.77. The largest absolute Gasteiger partial charge is 0.342 e. The van der Waals surface area contributed by atoms with Gasteiger partial charge in [0.15, 0.2) is 0 Å². The molecular weight excluding hydrogens is 411 g/mol. The number of benzene rings is 2. The summed E-state index contributed by atoms with van der Waals surface area (Å²) in [6.45, 7) is 0.349. The van der Waals surface area contributed by atoms with Crippen molar-refractivity contribution in [2.45, 2.75) is 17.2 Å². The summed E-state index contributed by atoms with van der Waals surface area (Å²) >= 11 is 18.5. The molecule has 0 bridgehead atoms. The number of aliphatic hydroxyl groups is 1. The van der Waals surface area contributed by atoms with E-state index in [-0.39, 0.29) is 0 Å². The zero-order valence-electron chi connectivity index (χ0n) is 14.1. The standard InChI is InChI=1S/C19H18Cl3N2OS/c1-26(11-14-2-4-15(20)5-3-14)19(25,12-24-9-8-23-13-24)17-7-6-16(21)10-18(17)22/h2-10,13,25H,11-12H2,1H3/q+1. The van der Waals surface area contributed by atoms with Crippen LogP contribution in [0.3, 0.4) is 0 Å². The van der Waals surface area contributed by atoms with E-state index in [1.807, 2.05) is 41.3 Å². The average molecular weight is 429 g/mol. The van der Waals surface area contributed by atoms with Crippen molar-refractivity contribution in [3.63, 3.8) is 0 Å². The number of nitrogens with zero attached hydrogens (tertiary/aromatic N) is 2. The molecule has 1 N–H and O–H groups in total. The topological polar surface area (TPSA) is 38.0 Å². The molecule has 0 fully saturated rings. The Kier molecular flexibility index (Phi) is 6.21. The summed E-state index contributed by atoms with van der Waals surface area (Å²) in [5.74, 6) is 0.696. The number of hydrogen-bond acceptors (Lipinski definition) is 2. The zero-order chi connectivity index (χ0) is 18.7. The lowest BCUT2D eigenvalue weighted by atomic mass is 10.1. The van der Waals surface area contributed by atoms with Crippen molar-refractivity contribution in [3.8, 4) is 0 Å². The highest BCUT2D eigenvalue weighted by molar-refractivity contribution is 7.96. The minimum Gasteiger partial charge on any atom is -0.342 e. The van der Waals surface area contributed by atoms with E-state index < -0.39 is 15.8 Å². The number of hydrogen-bond donors (Lipinski definition) is 1. The Morgan fingerprint density at radius 1 is 1.08 bits per heavy atom. The lowest BCUT2D eigenvalue weighted by Gasteiger charge is -2.28. The van der Waals surface area contributed by atoms with Crippen LogP contribution in [0, 0.1) is 0 Å². The Labute approximate surface area is 170 Å². The van der Waals surface area contributed by atoms with E-state index in [9.17, 15) is 5.11 Å². The summed E-state index contributed by atoms with van der Waals surface area (Å²) in [7, 11) is -0.447. The molecule has 0 aliphatic carbocycles. The molecule has 0 aliphatic rings. The molecule has 2 atom stereocenters. The maximum atomic E-state index is 11.7. The Balaban J connectivity index is 1.97. The van der Waals surface area contributed by atoms with E-state index in [4.69, 9.17) is 34.8 Å². The van der Waals surface area contributed by atoms with Crippen LogP contribution in [0.5, 0.6) is 0 Å². The lowest BCUT2D eigenvalue weighted by molar-refractivity contribution is 0.113. The van der Waals surface area contributed by atoms with Crippen LogP contribution in [0.15, 0.2) is 61.2 Å². The molecule has 7 heteroatoms. The molecule has 26 heavy (non-hydrogen) atoms. The highest BCUT2D eigenvalue weighted by Gasteiger charge is 2.46. The van der Waals surface area contributed by atoms with E-state index in [0.29, 0.717) is 32.9 Å². The van der Waals surface area contributed by atoms with Crippen LogP contribution < -0.4 is 0 Å². The van der Waals surface area contributed by atoms with Gasteiger partial charge in [0.1, 0.15) is 18.6 Å². The van der Waals surface area contributed by atoms with Gasteiger partial charge < -0.3 is 9.67 Å². The Hall–Kier alpha value is -1.17. The molecule has 136 valence electrons. The summed E-state index contributed by atoms with van der Waals surface area (Å²) in [5.41, 5.74) is 1.77. The third-order valence-electron chi connectivity index (χ3n) is 4.18. The number of imidazole rings is 1. The second-order valence-electron chi connectivity index (χ2n) is 6.05. The van der Waals surface area contributed by atoms with E-state index >= 15 is 0 Å². The van der Waals surface area contributed by atoms with Crippen molar-refractivity contribution in [2.75, 3.05) is 6.26 Å². The van der Waals surface area contributed by atoms with Gasteiger partial charge in [0.25, 0.3) is 4.93 Å². The van der Waals surface area contributed by atoms with Crippen molar-refractivity contribution in [3.05, 3.63) is 87.4 Å². The second-order valence-corrected chi connectivity index (χ2v) is 9.57. The smallest absolute Gasteiger partial charge is 0.271 e. The summed E-state index contributed by atoms with van der Waals surface area (Å²) in [4.78, 5) is 2.91. The van der Waals surface area contributed by atoms with Gasteiger partial charge in [-0.25, -0.2) is 4.98 Å². The van der Waals surface area contributed by atoms with Gasteiger partial charge in [0, 0.05) is 38.9 Å². The van der Waals surface area contributed by atoms with E-state index in [2.05, 4.69) is 4.98 Å². The molecule has 3 aromatic rings. The third-order valence-corrected chi connectivity index (χ3v) is 7.25. The molecule has 2 unspecified atom stereocenters. The van der Waals surface area contributed by atoms with Gasteiger partial charge in [-0.3, -0.25) is 0 Å². The second kappa shape index (κ2) is 8.24. The molecular formula is C19H18Cl3N2OS+. The van der Waals surface area contributed by atoms with E-state index in [0.717, 1.165) is 5.56 Å². The number of halogens is 3. The van der Waals surface area contributed by atoms with Gasteiger partial charge in [-0.15, -0.1) is 0 Å². The summed E-state index contributed by atoms with van der Waals surface area (Å²) in [6.07, 6.45) is 7.25. The maximum absolute atomic E-state index is 11.7. The van der Waals surface area contributed by atoms with Crippen molar-refractivity contribution < 1.29 is 5.11 Å². The Morgan fingerprint density at radius 2 is 1.77 bits per heavy atom. The first-order valence-corrected chi connectivity index (χ1v) is 10.8. The van der Waals surface area contributed by atoms with Crippen LogP contribution in [-0.4, -0.2) is 20.9 Å². The third kappa shape index (κ3) is 4.38. The van der Waals surface area contributed by atoms with Crippen LogP contribution in [0.25, 0.3) is 0 Å². The maximum Gasteiger partial charge on any atom is 0.271 e. The summed E-state index contributed by atoms with van der Waals surface area (Å²) < 4.78 is 1.86. The molecule has 0 aliphatic heterocycles. The van der Waals surface area contributed by atoms with E-state index in [1.165, 1.54) is 0 Å². The molecule has 1 aromatic heterocycles. The summed E-state index contributed by atoms with van der Waals surface area (Å²) in [6, 6.07) is 12.9. The van der Waals surface area contributed by atoms with Gasteiger partial charge in [-0.05, 0) is 30.3 Å². The fourth-order valence-corrected chi connectivity index (χ4v) is 5.37. The average Bonchev–Trinajstić information content (AvgIpc) is 3.09. The number of aromatic nitrogens is 2. The molecule has 3 rings (SSSR count). The number of rotatable bonds is 6. The SMILES string of the molecule is C[S+](Cc1ccc(Cl)cc1)C(O)(Cn1ccnc1)c1ccc(Cl)cc1Cl. The molecule has 0 spiro atoms. The van der Waals surface area contributed by atoms with Crippen LogP contribution in [0.2, 0.25) is 15.1 Å². The van der Waals surface area contributed by atoms with Crippen LogP contribution in [-0.2, 0) is 28.1 Å².